The summed E-state index contributed by atoms with van der Waals surface area (Å²) >= 11 is 0. The molecule has 5 heteroatoms. The average Bonchev–Trinajstić information content (AvgIpc) is 2.51. The second-order valence-electron chi connectivity index (χ2n) is 5.32. The number of aryl methyl sites for hydroxylation is 2. The van der Waals surface area contributed by atoms with Crippen LogP contribution in [0.15, 0.2) is 30.3 Å². The Bertz CT molecular complexity index is 729. The van der Waals surface area contributed by atoms with E-state index in [1.54, 1.807) is 26.0 Å². The number of benzene rings is 2. The summed E-state index contributed by atoms with van der Waals surface area (Å²) in [5.41, 5.74) is 2.22. The van der Waals surface area contributed by atoms with E-state index >= 15 is 0 Å². The maximum absolute atomic E-state index is 14.0. The SMILES string of the molecule is CCC(=O)Nc1cccc(F)c1COc1cc(C)c(C)cc1F. The van der Waals surface area contributed by atoms with Gasteiger partial charge in [0.25, 0.3) is 0 Å². The zero-order valence-electron chi connectivity index (χ0n) is 13.4. The van der Waals surface area contributed by atoms with Crippen LogP contribution in [0.2, 0.25) is 0 Å². The molecule has 122 valence electrons. The number of nitrogens with one attached hydrogen (secondary N) is 1. The van der Waals surface area contributed by atoms with Crippen LogP contribution in [0.25, 0.3) is 0 Å². The third-order valence-corrected chi connectivity index (χ3v) is 3.63. The Balaban J connectivity index is 2.23. The number of amides is 1. The first-order valence-corrected chi connectivity index (χ1v) is 7.39. The molecule has 0 aliphatic heterocycles. The molecule has 0 aromatic heterocycles. The van der Waals surface area contributed by atoms with E-state index in [0.717, 1.165) is 11.1 Å². The number of hydrogen-bond donors (Lipinski definition) is 1. The lowest BCUT2D eigenvalue weighted by molar-refractivity contribution is -0.115. The minimum absolute atomic E-state index is 0.0594. The first-order chi connectivity index (χ1) is 10.9. The summed E-state index contributed by atoms with van der Waals surface area (Å²) in [6.45, 7) is 5.18. The van der Waals surface area contributed by atoms with Crippen LogP contribution in [0.5, 0.6) is 5.75 Å². The molecule has 0 unspecified atom stereocenters. The van der Waals surface area contributed by atoms with Crippen LogP contribution < -0.4 is 10.1 Å². The van der Waals surface area contributed by atoms with Gasteiger partial charge in [0.2, 0.25) is 5.91 Å². The lowest BCUT2D eigenvalue weighted by atomic mass is 10.1. The normalized spacial score (nSPS) is 10.5. The van der Waals surface area contributed by atoms with E-state index in [-0.39, 0.29) is 30.2 Å². The van der Waals surface area contributed by atoms with Crippen LogP contribution in [-0.2, 0) is 11.4 Å². The third kappa shape index (κ3) is 4.06. The fraction of sp³-hybridized carbons (Fsp3) is 0.278. The van der Waals surface area contributed by atoms with Crippen LogP contribution in [0.1, 0.15) is 30.0 Å². The van der Waals surface area contributed by atoms with Crippen molar-refractivity contribution < 1.29 is 18.3 Å². The molecule has 23 heavy (non-hydrogen) atoms. The number of carbonyl (C=O) groups is 1. The highest BCUT2D eigenvalue weighted by Gasteiger charge is 2.13. The zero-order chi connectivity index (χ0) is 17.0. The molecule has 3 nitrogen and oxygen atoms in total. The Morgan fingerprint density at radius 1 is 1.13 bits per heavy atom. The van der Waals surface area contributed by atoms with Crippen molar-refractivity contribution in [3.8, 4) is 5.75 Å². The molecule has 0 spiro atoms. The number of halogens is 2. The van der Waals surface area contributed by atoms with Crippen LogP contribution in [-0.4, -0.2) is 5.91 Å². The van der Waals surface area contributed by atoms with Gasteiger partial charge in [-0.2, -0.15) is 0 Å². The molecular formula is C18H19F2NO2. The summed E-state index contributed by atoms with van der Waals surface area (Å²) in [6.07, 6.45) is 0.280. The molecule has 0 fully saturated rings. The molecule has 0 saturated heterocycles. The monoisotopic (exact) mass is 319 g/mol. The summed E-state index contributed by atoms with van der Waals surface area (Å²) in [6, 6.07) is 7.32. The Labute approximate surface area is 134 Å². The van der Waals surface area contributed by atoms with Gasteiger partial charge in [0.15, 0.2) is 11.6 Å². The van der Waals surface area contributed by atoms with E-state index < -0.39 is 11.6 Å². The van der Waals surface area contributed by atoms with Gasteiger partial charge in [-0.05, 0) is 49.2 Å². The summed E-state index contributed by atoms with van der Waals surface area (Å²) in [5, 5.41) is 2.62. The van der Waals surface area contributed by atoms with E-state index in [9.17, 15) is 13.6 Å². The third-order valence-electron chi connectivity index (χ3n) is 3.63. The van der Waals surface area contributed by atoms with Crippen LogP contribution >= 0.6 is 0 Å². The molecule has 0 saturated carbocycles. The average molecular weight is 319 g/mol. The Kier molecular flexibility index (Phi) is 5.32. The number of anilines is 1. The van der Waals surface area contributed by atoms with Crippen LogP contribution in [0.4, 0.5) is 14.5 Å². The summed E-state index contributed by atoms with van der Waals surface area (Å²) < 4.78 is 33.4. The van der Waals surface area contributed by atoms with Gasteiger partial charge < -0.3 is 10.1 Å². The minimum atomic E-state index is -0.511. The van der Waals surface area contributed by atoms with Crippen molar-refractivity contribution in [2.75, 3.05) is 5.32 Å². The first kappa shape index (κ1) is 16.9. The fourth-order valence-corrected chi connectivity index (χ4v) is 2.08. The summed E-state index contributed by atoms with van der Waals surface area (Å²) in [5.74, 6) is -1.18. The van der Waals surface area contributed by atoms with Gasteiger partial charge in [-0.1, -0.05) is 13.0 Å². The van der Waals surface area contributed by atoms with Crippen molar-refractivity contribution >= 4 is 11.6 Å². The predicted molar refractivity (Wildman–Crippen MR) is 85.5 cm³/mol. The highest BCUT2D eigenvalue weighted by atomic mass is 19.1. The van der Waals surface area contributed by atoms with Gasteiger partial charge in [-0.3, -0.25) is 4.79 Å². The molecule has 2 aromatic carbocycles. The van der Waals surface area contributed by atoms with E-state index in [0.29, 0.717) is 5.69 Å². The van der Waals surface area contributed by atoms with Crippen molar-refractivity contribution in [1.29, 1.82) is 0 Å². The van der Waals surface area contributed by atoms with Gasteiger partial charge in [0, 0.05) is 12.0 Å². The highest BCUT2D eigenvalue weighted by Crippen LogP contribution is 2.25. The van der Waals surface area contributed by atoms with Crippen LogP contribution in [0.3, 0.4) is 0 Å². The lowest BCUT2D eigenvalue weighted by Gasteiger charge is -2.14. The fourth-order valence-electron chi connectivity index (χ4n) is 2.08. The Hall–Kier alpha value is -2.43. The topological polar surface area (TPSA) is 38.3 Å². The molecule has 0 heterocycles. The molecule has 2 rings (SSSR count). The largest absolute Gasteiger partial charge is 0.486 e. The van der Waals surface area contributed by atoms with Crippen molar-refractivity contribution in [2.45, 2.75) is 33.8 Å². The second kappa shape index (κ2) is 7.22. The molecular weight excluding hydrogens is 300 g/mol. The van der Waals surface area contributed by atoms with Gasteiger partial charge in [-0.25, -0.2) is 8.78 Å². The van der Waals surface area contributed by atoms with Gasteiger partial charge >= 0.3 is 0 Å². The van der Waals surface area contributed by atoms with Crippen molar-refractivity contribution in [3.05, 3.63) is 58.7 Å². The van der Waals surface area contributed by atoms with E-state index in [1.165, 1.54) is 18.2 Å². The predicted octanol–water partition coefficient (Wildman–Crippen LogP) is 4.51. The molecule has 0 aliphatic carbocycles. The van der Waals surface area contributed by atoms with E-state index in [1.807, 2.05) is 6.92 Å². The maximum atomic E-state index is 14.0. The number of hydrogen-bond acceptors (Lipinski definition) is 2. The van der Waals surface area contributed by atoms with Crippen LogP contribution in [0, 0.1) is 25.5 Å². The molecule has 0 bridgehead atoms. The first-order valence-electron chi connectivity index (χ1n) is 7.39. The van der Waals surface area contributed by atoms with E-state index in [4.69, 9.17) is 4.74 Å². The lowest BCUT2D eigenvalue weighted by Crippen LogP contribution is -2.13. The molecule has 1 amide bonds. The van der Waals surface area contributed by atoms with Crippen molar-refractivity contribution in [2.24, 2.45) is 0 Å². The standard InChI is InChI=1S/C18H19F2NO2/c1-4-18(22)21-16-7-5-6-14(19)13(16)10-23-17-9-12(3)11(2)8-15(17)20/h5-9H,4,10H2,1-3H3,(H,21,22). The second-order valence-corrected chi connectivity index (χ2v) is 5.32. The molecule has 0 aliphatic rings. The molecule has 0 radical (unpaired) electrons. The quantitative estimate of drug-likeness (QED) is 0.880. The minimum Gasteiger partial charge on any atom is -0.486 e. The zero-order valence-corrected chi connectivity index (χ0v) is 13.4. The molecule has 1 N–H and O–H groups in total. The summed E-state index contributed by atoms with van der Waals surface area (Å²) in [4.78, 5) is 11.5. The highest BCUT2D eigenvalue weighted by molar-refractivity contribution is 5.91. The van der Waals surface area contributed by atoms with Gasteiger partial charge in [0.05, 0.1) is 5.69 Å². The van der Waals surface area contributed by atoms with Crippen molar-refractivity contribution in [3.63, 3.8) is 0 Å². The smallest absolute Gasteiger partial charge is 0.224 e. The van der Waals surface area contributed by atoms with E-state index in [2.05, 4.69) is 5.32 Å². The van der Waals surface area contributed by atoms with Gasteiger partial charge in [-0.15, -0.1) is 0 Å². The van der Waals surface area contributed by atoms with Crippen molar-refractivity contribution in [1.82, 2.24) is 0 Å². The number of rotatable bonds is 5. The Morgan fingerprint density at radius 3 is 2.52 bits per heavy atom. The number of ether oxygens (including phenoxy) is 1. The van der Waals surface area contributed by atoms with Gasteiger partial charge in [0.1, 0.15) is 12.4 Å². The maximum Gasteiger partial charge on any atom is 0.224 e. The molecule has 2 aromatic rings. The molecule has 0 atom stereocenters. The summed E-state index contributed by atoms with van der Waals surface area (Å²) in [7, 11) is 0. The Morgan fingerprint density at radius 2 is 1.83 bits per heavy atom. The number of carbonyl (C=O) groups excluding carboxylic acids is 1.